The highest BCUT2D eigenvalue weighted by molar-refractivity contribution is 7.92. The summed E-state index contributed by atoms with van der Waals surface area (Å²) < 4.78 is 86.5. The summed E-state index contributed by atoms with van der Waals surface area (Å²) in [5.41, 5.74) is -1.79. The molecule has 5 rings (SSSR count). The van der Waals surface area contributed by atoms with Gasteiger partial charge >= 0.3 is 0 Å². The van der Waals surface area contributed by atoms with Crippen molar-refractivity contribution >= 4 is 26.6 Å². The molecule has 3 heterocycles. The van der Waals surface area contributed by atoms with Crippen LogP contribution in [0.4, 0.5) is 23.2 Å². The summed E-state index contributed by atoms with van der Waals surface area (Å²) in [6.45, 7) is 1.33. The Morgan fingerprint density at radius 3 is 2.54 bits per heavy atom. The Kier molecular flexibility index (Phi) is 5.28. The molecule has 2 aromatic carbocycles. The molecule has 0 fully saturated rings. The van der Waals surface area contributed by atoms with Crippen LogP contribution >= 0.6 is 0 Å². The molecular weight excluding hydrogens is 488 g/mol. The molecule has 3 aromatic heterocycles. The first-order valence-corrected chi connectivity index (χ1v) is 11.5. The number of aromatic nitrogens is 5. The minimum atomic E-state index is -4.50. The zero-order chi connectivity index (χ0) is 24.9. The van der Waals surface area contributed by atoms with E-state index in [9.17, 15) is 17.2 Å². The molecule has 178 valence electrons. The van der Waals surface area contributed by atoms with Gasteiger partial charge in [0.25, 0.3) is 10.0 Å². The summed E-state index contributed by atoms with van der Waals surface area (Å²) in [6, 6.07) is 4.91. The SMILES string of the molecule is Cc1ncc(F)cc1S(=O)(=O)Nc1ccc(F)c(-c2ccc3c(-c4ncc[nH]4)n[nH]c3c2F)c1F. The number of rotatable bonds is 5. The second-order valence-corrected chi connectivity index (χ2v) is 9.14. The number of H-pyrrole nitrogens is 2. The lowest BCUT2D eigenvalue weighted by Gasteiger charge is -2.14. The van der Waals surface area contributed by atoms with E-state index in [0.717, 1.165) is 30.5 Å². The van der Waals surface area contributed by atoms with E-state index < -0.39 is 55.0 Å². The highest BCUT2D eigenvalue weighted by Gasteiger charge is 2.26. The first-order valence-electron chi connectivity index (χ1n) is 9.97. The number of aromatic amines is 2. The smallest absolute Gasteiger partial charge is 0.263 e. The van der Waals surface area contributed by atoms with Gasteiger partial charge in [-0.15, -0.1) is 0 Å². The van der Waals surface area contributed by atoms with Crippen LogP contribution in [0.3, 0.4) is 0 Å². The van der Waals surface area contributed by atoms with Crippen molar-refractivity contribution in [3.05, 3.63) is 77.9 Å². The maximum atomic E-state index is 15.4. The third kappa shape index (κ3) is 3.79. The molecule has 0 aliphatic rings. The van der Waals surface area contributed by atoms with E-state index in [0.29, 0.717) is 16.9 Å². The fourth-order valence-corrected chi connectivity index (χ4v) is 4.93. The first kappa shape index (κ1) is 22.5. The van der Waals surface area contributed by atoms with Gasteiger partial charge in [0.15, 0.2) is 17.5 Å². The molecule has 0 radical (unpaired) electrons. The van der Waals surface area contributed by atoms with Gasteiger partial charge in [0.2, 0.25) is 0 Å². The number of aryl methyl sites for hydroxylation is 1. The van der Waals surface area contributed by atoms with Crippen LogP contribution < -0.4 is 4.72 Å². The van der Waals surface area contributed by atoms with Crippen molar-refractivity contribution in [3.63, 3.8) is 0 Å². The van der Waals surface area contributed by atoms with Gasteiger partial charge in [0, 0.05) is 23.3 Å². The Morgan fingerprint density at radius 1 is 1.00 bits per heavy atom. The maximum absolute atomic E-state index is 15.4. The topological polar surface area (TPSA) is 116 Å². The fourth-order valence-electron chi connectivity index (χ4n) is 3.66. The molecule has 0 atom stereocenters. The van der Waals surface area contributed by atoms with Crippen LogP contribution in [0, 0.1) is 30.2 Å². The predicted molar refractivity (Wildman–Crippen MR) is 119 cm³/mol. The van der Waals surface area contributed by atoms with Crippen LogP contribution in [0.5, 0.6) is 0 Å². The van der Waals surface area contributed by atoms with Crippen molar-refractivity contribution < 1.29 is 26.0 Å². The van der Waals surface area contributed by atoms with E-state index in [4.69, 9.17) is 0 Å². The summed E-state index contributed by atoms with van der Waals surface area (Å²) in [4.78, 5) is 10.00. The molecule has 0 saturated heterocycles. The van der Waals surface area contributed by atoms with Gasteiger partial charge in [-0.05, 0) is 31.2 Å². The second kappa shape index (κ2) is 8.20. The monoisotopic (exact) mass is 502 g/mol. The lowest BCUT2D eigenvalue weighted by atomic mass is 10.0. The van der Waals surface area contributed by atoms with Gasteiger partial charge in [-0.25, -0.2) is 31.0 Å². The van der Waals surface area contributed by atoms with Gasteiger partial charge in [-0.3, -0.25) is 14.8 Å². The van der Waals surface area contributed by atoms with Crippen LogP contribution in [-0.4, -0.2) is 33.6 Å². The van der Waals surface area contributed by atoms with Gasteiger partial charge < -0.3 is 4.98 Å². The Hall–Kier alpha value is -4.26. The number of hydrogen-bond acceptors (Lipinski definition) is 5. The van der Waals surface area contributed by atoms with E-state index >= 15 is 8.78 Å². The minimum Gasteiger partial charge on any atom is -0.343 e. The zero-order valence-electron chi connectivity index (χ0n) is 17.7. The molecule has 3 N–H and O–H groups in total. The van der Waals surface area contributed by atoms with Crippen molar-refractivity contribution in [2.24, 2.45) is 0 Å². The summed E-state index contributed by atoms with van der Waals surface area (Å²) >= 11 is 0. The normalized spacial score (nSPS) is 11.8. The predicted octanol–water partition coefficient (Wildman–Crippen LogP) is 4.68. The van der Waals surface area contributed by atoms with Crippen LogP contribution in [0.25, 0.3) is 33.5 Å². The Bertz CT molecular complexity index is 1700. The van der Waals surface area contributed by atoms with Crippen LogP contribution in [0.15, 0.2) is 53.8 Å². The summed E-state index contributed by atoms with van der Waals surface area (Å²) in [6.07, 6.45) is 3.87. The third-order valence-corrected chi connectivity index (χ3v) is 6.78. The molecule has 5 aromatic rings. The standard InChI is InChI=1S/C22H14F4N6O2S/c1-10-16(8-11(23)9-29-10)35(33,34)32-15-5-4-14(24)17(19(15)26)12-2-3-13-20(18(12)25)30-31-21(13)22-27-6-7-28-22/h2-9,32H,1H3,(H,27,28)(H,30,31). The van der Waals surface area contributed by atoms with Gasteiger partial charge in [-0.2, -0.15) is 5.10 Å². The van der Waals surface area contributed by atoms with Crippen LogP contribution in [0.2, 0.25) is 0 Å². The van der Waals surface area contributed by atoms with Gasteiger partial charge in [0.05, 0.1) is 23.1 Å². The number of nitrogens with one attached hydrogen (secondary N) is 3. The Morgan fingerprint density at radius 2 is 1.80 bits per heavy atom. The molecule has 0 amide bonds. The summed E-state index contributed by atoms with van der Waals surface area (Å²) in [7, 11) is -4.50. The van der Waals surface area contributed by atoms with Crippen molar-refractivity contribution in [1.82, 2.24) is 25.1 Å². The number of imidazole rings is 1. The van der Waals surface area contributed by atoms with Crippen molar-refractivity contribution in [2.75, 3.05) is 4.72 Å². The first-order chi connectivity index (χ1) is 16.7. The molecule has 0 aliphatic carbocycles. The van der Waals surface area contributed by atoms with Crippen LogP contribution in [0.1, 0.15) is 5.69 Å². The Labute approximate surface area is 195 Å². The van der Waals surface area contributed by atoms with Crippen molar-refractivity contribution in [3.8, 4) is 22.6 Å². The molecule has 0 spiro atoms. The van der Waals surface area contributed by atoms with Gasteiger partial charge in [-0.1, -0.05) is 6.07 Å². The number of fused-ring (bicyclic) bond motifs is 1. The van der Waals surface area contributed by atoms with E-state index in [1.54, 1.807) is 6.20 Å². The van der Waals surface area contributed by atoms with Gasteiger partial charge in [0.1, 0.15) is 27.7 Å². The average molecular weight is 502 g/mol. The molecule has 0 saturated carbocycles. The van der Waals surface area contributed by atoms with Crippen molar-refractivity contribution in [2.45, 2.75) is 11.8 Å². The number of hydrogen-bond donors (Lipinski definition) is 3. The maximum Gasteiger partial charge on any atom is 0.263 e. The molecule has 0 aliphatic heterocycles. The largest absolute Gasteiger partial charge is 0.343 e. The molecule has 35 heavy (non-hydrogen) atoms. The summed E-state index contributed by atoms with van der Waals surface area (Å²) in [5.74, 6) is -4.05. The van der Waals surface area contributed by atoms with Crippen LogP contribution in [-0.2, 0) is 10.0 Å². The van der Waals surface area contributed by atoms with Crippen molar-refractivity contribution in [1.29, 1.82) is 0 Å². The molecule has 13 heteroatoms. The third-order valence-electron chi connectivity index (χ3n) is 5.30. The number of sulfonamides is 1. The number of benzene rings is 2. The minimum absolute atomic E-state index is 0.0373. The quantitative estimate of drug-likeness (QED) is 0.302. The number of anilines is 1. The number of halogens is 4. The molecule has 0 unspecified atom stereocenters. The molecular formula is C22H14F4N6O2S. The molecule has 8 nitrogen and oxygen atoms in total. The lowest BCUT2D eigenvalue weighted by molar-refractivity contribution is 0.581. The average Bonchev–Trinajstić information content (AvgIpc) is 3.49. The lowest BCUT2D eigenvalue weighted by Crippen LogP contribution is -2.16. The highest BCUT2D eigenvalue weighted by Crippen LogP contribution is 2.37. The Balaban J connectivity index is 1.60. The van der Waals surface area contributed by atoms with E-state index in [2.05, 4.69) is 25.1 Å². The summed E-state index contributed by atoms with van der Waals surface area (Å²) in [5, 5.41) is 6.83. The second-order valence-electron chi connectivity index (χ2n) is 7.49. The molecule has 0 bridgehead atoms. The fraction of sp³-hybridized carbons (Fsp3) is 0.0455. The number of nitrogens with zero attached hydrogens (tertiary/aromatic N) is 3. The number of pyridine rings is 1. The van der Waals surface area contributed by atoms with E-state index in [1.807, 2.05) is 4.72 Å². The highest BCUT2D eigenvalue weighted by atomic mass is 32.2. The zero-order valence-corrected chi connectivity index (χ0v) is 18.5. The van der Waals surface area contributed by atoms with E-state index in [-0.39, 0.29) is 11.2 Å². The van der Waals surface area contributed by atoms with E-state index in [1.165, 1.54) is 19.2 Å².